The summed E-state index contributed by atoms with van der Waals surface area (Å²) >= 11 is 0. The summed E-state index contributed by atoms with van der Waals surface area (Å²) in [7, 11) is -3.84. The SMILES string of the molecule is Cc1ccc(S(=O)(=O)OCC2CN(CC(=O)N3c4ccccc4CC3C)CCO2)cc1. The van der Waals surface area contributed by atoms with Gasteiger partial charge >= 0.3 is 0 Å². The van der Waals surface area contributed by atoms with Crippen molar-refractivity contribution < 1.29 is 22.1 Å². The van der Waals surface area contributed by atoms with Gasteiger partial charge in [-0.05, 0) is 44.0 Å². The van der Waals surface area contributed by atoms with Gasteiger partial charge in [-0.15, -0.1) is 0 Å². The Hall–Kier alpha value is -2.26. The normalized spacial score (nSPS) is 21.8. The second kappa shape index (κ2) is 9.08. The second-order valence-corrected chi connectivity index (χ2v) is 9.84. The molecule has 0 N–H and O–H groups in total. The maximum atomic E-state index is 13.0. The predicted octanol–water partition coefficient (Wildman–Crippen LogP) is 2.38. The predicted molar refractivity (Wildman–Crippen MR) is 118 cm³/mol. The van der Waals surface area contributed by atoms with Crippen molar-refractivity contribution in [2.75, 3.05) is 37.7 Å². The number of anilines is 1. The number of carbonyl (C=O) groups is 1. The Labute approximate surface area is 183 Å². The van der Waals surface area contributed by atoms with Crippen LogP contribution >= 0.6 is 0 Å². The van der Waals surface area contributed by atoms with Gasteiger partial charge in [0.25, 0.3) is 10.1 Å². The van der Waals surface area contributed by atoms with E-state index in [0.29, 0.717) is 19.7 Å². The monoisotopic (exact) mass is 444 g/mol. The molecule has 31 heavy (non-hydrogen) atoms. The van der Waals surface area contributed by atoms with Crippen molar-refractivity contribution in [1.29, 1.82) is 0 Å². The molecule has 2 aromatic rings. The van der Waals surface area contributed by atoms with Crippen LogP contribution in [0.4, 0.5) is 5.69 Å². The van der Waals surface area contributed by atoms with Crippen molar-refractivity contribution in [1.82, 2.24) is 4.90 Å². The number of aryl methyl sites for hydroxylation is 1. The quantitative estimate of drug-likeness (QED) is 0.637. The van der Waals surface area contributed by atoms with Crippen molar-refractivity contribution in [3.63, 3.8) is 0 Å². The van der Waals surface area contributed by atoms with Gasteiger partial charge in [0.15, 0.2) is 0 Å². The fraction of sp³-hybridized carbons (Fsp3) is 0.435. The van der Waals surface area contributed by atoms with Gasteiger partial charge in [-0.2, -0.15) is 8.42 Å². The van der Waals surface area contributed by atoms with Crippen LogP contribution in [0.25, 0.3) is 0 Å². The van der Waals surface area contributed by atoms with E-state index in [2.05, 4.69) is 13.0 Å². The van der Waals surface area contributed by atoms with Crippen LogP contribution < -0.4 is 4.90 Å². The molecule has 0 spiro atoms. The average molecular weight is 445 g/mol. The molecule has 2 aliphatic rings. The lowest BCUT2D eigenvalue weighted by molar-refractivity contribution is -0.122. The maximum Gasteiger partial charge on any atom is 0.297 e. The van der Waals surface area contributed by atoms with Gasteiger partial charge in [0.1, 0.15) is 0 Å². The maximum absolute atomic E-state index is 13.0. The fourth-order valence-electron chi connectivity index (χ4n) is 4.18. The molecular weight excluding hydrogens is 416 g/mol. The Balaban J connectivity index is 1.34. The molecule has 2 heterocycles. The summed E-state index contributed by atoms with van der Waals surface area (Å²) in [6, 6.07) is 14.7. The first-order valence-electron chi connectivity index (χ1n) is 10.5. The molecular formula is C23H28N2O5S. The van der Waals surface area contributed by atoms with Crippen molar-refractivity contribution in [3.8, 4) is 0 Å². The molecule has 2 unspecified atom stereocenters. The molecule has 4 rings (SSSR count). The van der Waals surface area contributed by atoms with E-state index >= 15 is 0 Å². The van der Waals surface area contributed by atoms with Crippen LogP contribution in [0.3, 0.4) is 0 Å². The zero-order valence-electron chi connectivity index (χ0n) is 17.9. The topological polar surface area (TPSA) is 76.2 Å². The molecule has 0 aliphatic carbocycles. The van der Waals surface area contributed by atoms with Crippen LogP contribution in [0.1, 0.15) is 18.1 Å². The lowest BCUT2D eigenvalue weighted by Crippen LogP contribution is -2.50. The number of carbonyl (C=O) groups excluding carboxylic acids is 1. The number of amides is 1. The first kappa shape index (κ1) is 22.0. The molecule has 2 aliphatic heterocycles. The van der Waals surface area contributed by atoms with Gasteiger partial charge in [0, 0.05) is 24.8 Å². The van der Waals surface area contributed by atoms with Gasteiger partial charge in [-0.1, -0.05) is 35.9 Å². The van der Waals surface area contributed by atoms with Crippen LogP contribution in [0.15, 0.2) is 53.4 Å². The third-order valence-electron chi connectivity index (χ3n) is 5.78. The molecule has 1 fully saturated rings. The lowest BCUT2D eigenvalue weighted by atomic mass is 10.1. The van der Waals surface area contributed by atoms with Crippen LogP contribution in [0, 0.1) is 6.92 Å². The van der Waals surface area contributed by atoms with Crippen LogP contribution in [0.5, 0.6) is 0 Å². The average Bonchev–Trinajstić information content (AvgIpc) is 3.09. The van der Waals surface area contributed by atoms with E-state index < -0.39 is 16.2 Å². The molecule has 1 saturated heterocycles. The first-order valence-corrected chi connectivity index (χ1v) is 11.9. The van der Waals surface area contributed by atoms with E-state index in [1.807, 2.05) is 34.9 Å². The minimum atomic E-state index is -3.84. The van der Waals surface area contributed by atoms with Gasteiger partial charge < -0.3 is 9.64 Å². The Kier molecular flexibility index (Phi) is 6.43. The number of ether oxygens (including phenoxy) is 1. The Morgan fingerprint density at radius 3 is 2.68 bits per heavy atom. The van der Waals surface area contributed by atoms with E-state index in [-0.39, 0.29) is 30.0 Å². The molecule has 0 bridgehead atoms. The Morgan fingerprint density at radius 1 is 1.16 bits per heavy atom. The smallest absolute Gasteiger partial charge is 0.297 e. The number of rotatable bonds is 6. The lowest BCUT2D eigenvalue weighted by Gasteiger charge is -2.33. The van der Waals surface area contributed by atoms with Crippen LogP contribution in [-0.2, 0) is 30.3 Å². The summed E-state index contributed by atoms with van der Waals surface area (Å²) in [5.41, 5.74) is 3.15. The number of hydrogen-bond donors (Lipinski definition) is 0. The fourth-order valence-corrected chi connectivity index (χ4v) is 5.11. The van der Waals surface area contributed by atoms with E-state index in [0.717, 1.165) is 17.7 Å². The third kappa shape index (κ3) is 4.98. The summed E-state index contributed by atoms with van der Waals surface area (Å²) in [6.07, 6.45) is 0.448. The summed E-state index contributed by atoms with van der Waals surface area (Å²) in [4.78, 5) is 17.0. The molecule has 1 amide bonds. The molecule has 7 nitrogen and oxygen atoms in total. The van der Waals surface area contributed by atoms with Gasteiger partial charge in [0.05, 0.1) is 30.8 Å². The summed E-state index contributed by atoms with van der Waals surface area (Å²) < 4.78 is 35.8. The van der Waals surface area contributed by atoms with E-state index in [1.165, 1.54) is 17.7 Å². The highest BCUT2D eigenvalue weighted by Crippen LogP contribution is 2.32. The number of nitrogens with zero attached hydrogens (tertiary/aromatic N) is 2. The standard InChI is InChI=1S/C23H28N2O5S/c1-17-7-9-21(10-8-17)31(27,28)30-16-20-14-24(11-12-29-20)15-23(26)25-18(2)13-19-5-3-4-6-22(19)25/h3-10,18,20H,11-16H2,1-2H3. The van der Waals surface area contributed by atoms with E-state index in [4.69, 9.17) is 8.92 Å². The summed E-state index contributed by atoms with van der Waals surface area (Å²) in [5.74, 6) is 0.0475. The van der Waals surface area contributed by atoms with Crippen LogP contribution in [-0.4, -0.2) is 64.2 Å². The Bertz CT molecular complexity index is 1040. The highest BCUT2D eigenvalue weighted by Gasteiger charge is 2.32. The van der Waals surface area contributed by atoms with Gasteiger partial charge in [-0.25, -0.2) is 0 Å². The van der Waals surface area contributed by atoms with Crippen molar-refractivity contribution >= 4 is 21.7 Å². The Morgan fingerprint density at radius 2 is 1.90 bits per heavy atom. The molecule has 0 aromatic heterocycles. The van der Waals surface area contributed by atoms with Gasteiger partial charge in [0.2, 0.25) is 5.91 Å². The van der Waals surface area contributed by atoms with E-state index in [9.17, 15) is 13.2 Å². The molecule has 166 valence electrons. The molecule has 2 aromatic carbocycles. The zero-order chi connectivity index (χ0) is 22.0. The summed E-state index contributed by atoms with van der Waals surface area (Å²) in [5, 5.41) is 0. The number of hydrogen-bond acceptors (Lipinski definition) is 6. The van der Waals surface area contributed by atoms with Crippen molar-refractivity contribution in [2.45, 2.75) is 37.3 Å². The largest absolute Gasteiger partial charge is 0.373 e. The molecule has 8 heteroatoms. The number of fused-ring (bicyclic) bond motifs is 1. The molecule has 2 atom stereocenters. The summed E-state index contributed by atoms with van der Waals surface area (Å²) in [6.45, 7) is 5.63. The highest BCUT2D eigenvalue weighted by molar-refractivity contribution is 7.86. The van der Waals surface area contributed by atoms with Crippen LogP contribution in [0.2, 0.25) is 0 Å². The van der Waals surface area contributed by atoms with Crippen molar-refractivity contribution in [3.05, 3.63) is 59.7 Å². The van der Waals surface area contributed by atoms with Crippen molar-refractivity contribution in [2.24, 2.45) is 0 Å². The minimum absolute atomic E-state index is 0.0475. The number of benzene rings is 2. The highest BCUT2D eigenvalue weighted by atomic mass is 32.2. The molecule has 0 radical (unpaired) electrons. The van der Waals surface area contributed by atoms with Gasteiger partial charge in [-0.3, -0.25) is 13.9 Å². The third-order valence-corrected chi connectivity index (χ3v) is 7.07. The first-order chi connectivity index (χ1) is 14.8. The second-order valence-electron chi connectivity index (χ2n) is 8.23. The number of para-hydroxylation sites is 1. The zero-order valence-corrected chi connectivity index (χ0v) is 18.7. The molecule has 0 saturated carbocycles. The van der Waals surface area contributed by atoms with E-state index in [1.54, 1.807) is 12.1 Å². The number of morpholine rings is 1. The minimum Gasteiger partial charge on any atom is -0.373 e.